The van der Waals surface area contributed by atoms with E-state index in [0.29, 0.717) is 11.3 Å². The summed E-state index contributed by atoms with van der Waals surface area (Å²) in [5.74, 6) is -0.402. The minimum absolute atomic E-state index is 0.250. The fourth-order valence-electron chi connectivity index (χ4n) is 1.19. The standard InChI is InChI=1S/C9H12N2O.CH2O2/c1-5-4-11-7(3)8(6(5)2)9(10)12;2-1-3/h4H,1-3H3,(H2,10,12);1H,(H,2,3). The van der Waals surface area contributed by atoms with Crippen molar-refractivity contribution >= 4 is 12.4 Å². The van der Waals surface area contributed by atoms with Gasteiger partial charge in [0.05, 0.1) is 11.3 Å². The Morgan fingerprint density at radius 3 is 2.27 bits per heavy atom. The molecule has 0 aliphatic carbocycles. The quantitative estimate of drug-likeness (QED) is 0.670. The third kappa shape index (κ3) is 3.38. The van der Waals surface area contributed by atoms with Crippen LogP contribution in [-0.4, -0.2) is 22.5 Å². The molecule has 1 heterocycles. The summed E-state index contributed by atoms with van der Waals surface area (Å²) in [5, 5.41) is 6.89. The molecule has 1 aromatic rings. The van der Waals surface area contributed by atoms with Gasteiger partial charge in [-0.3, -0.25) is 14.6 Å². The van der Waals surface area contributed by atoms with Gasteiger partial charge in [-0.25, -0.2) is 0 Å². The molecule has 0 aliphatic rings. The predicted molar refractivity (Wildman–Crippen MR) is 55.7 cm³/mol. The molecule has 0 fully saturated rings. The Morgan fingerprint density at radius 1 is 1.47 bits per heavy atom. The molecule has 0 saturated carbocycles. The van der Waals surface area contributed by atoms with E-state index in [0.717, 1.165) is 11.1 Å². The van der Waals surface area contributed by atoms with Gasteiger partial charge in [0, 0.05) is 6.20 Å². The van der Waals surface area contributed by atoms with Crippen molar-refractivity contribution in [2.45, 2.75) is 20.8 Å². The number of rotatable bonds is 1. The van der Waals surface area contributed by atoms with Crippen molar-refractivity contribution < 1.29 is 14.7 Å². The van der Waals surface area contributed by atoms with Crippen LogP contribution in [0.4, 0.5) is 0 Å². The normalized spacial score (nSPS) is 8.73. The molecule has 5 heteroatoms. The number of hydrogen-bond acceptors (Lipinski definition) is 3. The van der Waals surface area contributed by atoms with E-state index in [1.807, 2.05) is 13.8 Å². The Morgan fingerprint density at radius 2 is 1.93 bits per heavy atom. The third-order valence-electron chi connectivity index (χ3n) is 2.03. The Hall–Kier alpha value is -1.91. The molecular formula is C10H14N2O3. The van der Waals surface area contributed by atoms with Gasteiger partial charge in [-0.2, -0.15) is 0 Å². The summed E-state index contributed by atoms with van der Waals surface area (Å²) in [6, 6.07) is 0. The number of aryl methyl sites for hydroxylation is 2. The molecule has 1 aromatic heterocycles. The van der Waals surface area contributed by atoms with Gasteiger partial charge in [0.25, 0.3) is 12.4 Å². The third-order valence-corrected chi connectivity index (χ3v) is 2.03. The number of nitrogens with zero attached hydrogens (tertiary/aromatic N) is 1. The van der Waals surface area contributed by atoms with Crippen LogP contribution in [0.1, 0.15) is 27.2 Å². The van der Waals surface area contributed by atoms with Crippen LogP contribution in [0.5, 0.6) is 0 Å². The molecule has 0 radical (unpaired) electrons. The summed E-state index contributed by atoms with van der Waals surface area (Å²) < 4.78 is 0. The SMILES string of the molecule is Cc1cnc(C)c(C(N)=O)c1C.O=CO. The first kappa shape index (κ1) is 13.1. The molecule has 15 heavy (non-hydrogen) atoms. The number of carboxylic acid groups (broad SMARTS) is 1. The smallest absolute Gasteiger partial charge is 0.290 e. The van der Waals surface area contributed by atoms with Gasteiger partial charge in [-0.1, -0.05) is 0 Å². The largest absolute Gasteiger partial charge is 0.483 e. The lowest BCUT2D eigenvalue weighted by molar-refractivity contribution is -0.122. The molecule has 3 N–H and O–H groups in total. The van der Waals surface area contributed by atoms with Gasteiger partial charge in [-0.15, -0.1) is 0 Å². The molecule has 82 valence electrons. The number of pyridine rings is 1. The van der Waals surface area contributed by atoms with E-state index in [-0.39, 0.29) is 6.47 Å². The second-order valence-corrected chi connectivity index (χ2v) is 3.00. The number of aromatic nitrogens is 1. The maximum Gasteiger partial charge on any atom is 0.290 e. The van der Waals surface area contributed by atoms with Gasteiger partial charge in [0.2, 0.25) is 0 Å². The lowest BCUT2D eigenvalue weighted by Gasteiger charge is -2.06. The summed E-state index contributed by atoms with van der Waals surface area (Å²) >= 11 is 0. The van der Waals surface area contributed by atoms with Crippen molar-refractivity contribution in [1.29, 1.82) is 0 Å². The van der Waals surface area contributed by atoms with Gasteiger partial charge in [-0.05, 0) is 31.9 Å². The first-order valence-corrected chi connectivity index (χ1v) is 4.26. The van der Waals surface area contributed by atoms with Gasteiger partial charge in [0.15, 0.2) is 0 Å². The van der Waals surface area contributed by atoms with Crippen molar-refractivity contribution in [1.82, 2.24) is 4.98 Å². The Kier molecular flexibility index (Phi) is 5.01. The highest BCUT2D eigenvalue weighted by Gasteiger charge is 2.10. The predicted octanol–water partition coefficient (Wildman–Crippen LogP) is 0.807. The second kappa shape index (κ2) is 5.74. The van der Waals surface area contributed by atoms with Crippen molar-refractivity contribution in [3.8, 4) is 0 Å². The topological polar surface area (TPSA) is 93.3 Å². The van der Waals surface area contributed by atoms with E-state index in [1.165, 1.54) is 0 Å². The van der Waals surface area contributed by atoms with Crippen LogP contribution in [0.2, 0.25) is 0 Å². The van der Waals surface area contributed by atoms with Gasteiger partial charge < -0.3 is 10.8 Å². The van der Waals surface area contributed by atoms with Crippen LogP contribution in [0.15, 0.2) is 6.20 Å². The first-order chi connectivity index (χ1) is 6.95. The van der Waals surface area contributed by atoms with Crippen LogP contribution < -0.4 is 5.73 Å². The highest BCUT2D eigenvalue weighted by atomic mass is 16.3. The van der Waals surface area contributed by atoms with Crippen LogP contribution in [0.25, 0.3) is 0 Å². The second-order valence-electron chi connectivity index (χ2n) is 3.00. The summed E-state index contributed by atoms with van der Waals surface area (Å²) in [6.07, 6.45) is 1.75. The van der Waals surface area contributed by atoms with Crippen LogP contribution in [0.3, 0.4) is 0 Å². The van der Waals surface area contributed by atoms with Gasteiger partial charge in [0.1, 0.15) is 0 Å². The van der Waals surface area contributed by atoms with E-state index < -0.39 is 5.91 Å². The summed E-state index contributed by atoms with van der Waals surface area (Å²) in [7, 11) is 0. The summed E-state index contributed by atoms with van der Waals surface area (Å²) in [5.41, 5.74) is 8.38. The molecule has 0 aliphatic heterocycles. The highest BCUT2D eigenvalue weighted by molar-refractivity contribution is 5.95. The van der Waals surface area contributed by atoms with Crippen molar-refractivity contribution in [2.75, 3.05) is 0 Å². The summed E-state index contributed by atoms with van der Waals surface area (Å²) in [6.45, 7) is 5.32. The molecule has 0 spiro atoms. The number of carbonyl (C=O) groups excluding carboxylic acids is 1. The maximum absolute atomic E-state index is 11.0. The molecule has 5 nitrogen and oxygen atoms in total. The van der Waals surface area contributed by atoms with Crippen LogP contribution in [0, 0.1) is 20.8 Å². The summed E-state index contributed by atoms with van der Waals surface area (Å²) in [4.78, 5) is 23.4. The fraction of sp³-hybridized carbons (Fsp3) is 0.300. The van der Waals surface area contributed by atoms with E-state index in [9.17, 15) is 4.79 Å². The number of amides is 1. The lowest BCUT2D eigenvalue weighted by atomic mass is 10.0. The average molecular weight is 210 g/mol. The minimum Gasteiger partial charge on any atom is -0.483 e. The lowest BCUT2D eigenvalue weighted by Crippen LogP contribution is -2.16. The van der Waals surface area contributed by atoms with Crippen molar-refractivity contribution in [3.63, 3.8) is 0 Å². The molecule has 0 bridgehead atoms. The molecule has 1 rings (SSSR count). The first-order valence-electron chi connectivity index (χ1n) is 4.26. The zero-order chi connectivity index (χ0) is 12.0. The number of nitrogens with two attached hydrogens (primary N) is 1. The van der Waals surface area contributed by atoms with E-state index in [1.54, 1.807) is 13.1 Å². The Bertz CT molecular complexity index is 375. The maximum atomic E-state index is 11.0. The molecular weight excluding hydrogens is 196 g/mol. The van der Waals surface area contributed by atoms with Crippen LogP contribution in [-0.2, 0) is 4.79 Å². The van der Waals surface area contributed by atoms with Crippen molar-refractivity contribution in [2.24, 2.45) is 5.73 Å². The van der Waals surface area contributed by atoms with E-state index in [2.05, 4.69) is 4.98 Å². The number of carbonyl (C=O) groups is 2. The molecule has 0 aromatic carbocycles. The molecule has 0 saturated heterocycles. The number of hydrogen-bond donors (Lipinski definition) is 2. The van der Waals surface area contributed by atoms with Crippen molar-refractivity contribution in [3.05, 3.63) is 28.6 Å². The van der Waals surface area contributed by atoms with E-state index >= 15 is 0 Å². The number of primary amides is 1. The minimum atomic E-state index is -0.402. The zero-order valence-corrected chi connectivity index (χ0v) is 8.94. The fourth-order valence-corrected chi connectivity index (χ4v) is 1.19. The zero-order valence-electron chi connectivity index (χ0n) is 8.94. The molecule has 1 amide bonds. The van der Waals surface area contributed by atoms with Gasteiger partial charge >= 0.3 is 0 Å². The van der Waals surface area contributed by atoms with E-state index in [4.69, 9.17) is 15.6 Å². The monoisotopic (exact) mass is 210 g/mol. The Balaban J connectivity index is 0.000000583. The average Bonchev–Trinajstić information content (AvgIpc) is 2.13. The molecule has 0 atom stereocenters. The van der Waals surface area contributed by atoms with Crippen LogP contribution >= 0.6 is 0 Å². The highest BCUT2D eigenvalue weighted by Crippen LogP contribution is 2.13. The Labute approximate surface area is 87.9 Å². The molecule has 0 unspecified atom stereocenters.